The molecule has 0 unspecified atom stereocenters. The van der Waals surface area contributed by atoms with Crippen LogP contribution in [0.5, 0.6) is 0 Å². The summed E-state index contributed by atoms with van der Waals surface area (Å²) in [6, 6.07) is 9.95. The monoisotopic (exact) mass is 255 g/mol. The molecule has 1 aromatic carbocycles. The second kappa shape index (κ2) is 5.76. The standard InChI is InChI=1S/C16H17NO2/c1-11-12(2)16(19)14(8-15(11)18)10-17-9-13-6-4-3-5-7-13/h3-8,17H,9-10H2,1-2H3. The van der Waals surface area contributed by atoms with E-state index in [2.05, 4.69) is 5.32 Å². The van der Waals surface area contributed by atoms with E-state index in [1.165, 1.54) is 6.08 Å². The van der Waals surface area contributed by atoms with Gasteiger partial charge in [-0.3, -0.25) is 9.59 Å². The van der Waals surface area contributed by atoms with Crippen LogP contribution in [-0.4, -0.2) is 18.1 Å². The maximum Gasteiger partial charge on any atom is 0.186 e. The van der Waals surface area contributed by atoms with Crippen LogP contribution in [0.3, 0.4) is 0 Å². The maximum atomic E-state index is 12.0. The molecule has 0 amide bonds. The van der Waals surface area contributed by atoms with Crippen LogP contribution in [0.2, 0.25) is 0 Å². The smallest absolute Gasteiger partial charge is 0.186 e. The van der Waals surface area contributed by atoms with E-state index in [9.17, 15) is 9.59 Å². The molecular formula is C16H17NO2. The van der Waals surface area contributed by atoms with Crippen LogP contribution < -0.4 is 5.32 Å². The molecule has 1 N–H and O–H groups in total. The molecule has 0 aliphatic heterocycles. The average Bonchev–Trinajstić information content (AvgIpc) is 2.43. The van der Waals surface area contributed by atoms with Gasteiger partial charge in [-0.05, 0) is 25.5 Å². The first kappa shape index (κ1) is 13.4. The molecule has 1 aliphatic carbocycles. The topological polar surface area (TPSA) is 46.2 Å². The Hall–Kier alpha value is -2.00. The Balaban J connectivity index is 1.96. The van der Waals surface area contributed by atoms with Crippen molar-refractivity contribution in [2.24, 2.45) is 0 Å². The average molecular weight is 255 g/mol. The third-order valence-electron chi connectivity index (χ3n) is 3.36. The third kappa shape index (κ3) is 3.06. The van der Waals surface area contributed by atoms with Crippen LogP contribution in [0.4, 0.5) is 0 Å². The highest BCUT2D eigenvalue weighted by molar-refractivity contribution is 6.22. The van der Waals surface area contributed by atoms with Crippen LogP contribution in [0, 0.1) is 0 Å². The Morgan fingerprint density at radius 1 is 0.947 bits per heavy atom. The van der Waals surface area contributed by atoms with E-state index in [0.29, 0.717) is 29.8 Å². The highest BCUT2D eigenvalue weighted by Crippen LogP contribution is 2.18. The van der Waals surface area contributed by atoms with Gasteiger partial charge in [-0.25, -0.2) is 0 Å². The lowest BCUT2D eigenvalue weighted by molar-refractivity contribution is -0.115. The summed E-state index contributed by atoms with van der Waals surface area (Å²) in [6.07, 6.45) is 1.45. The predicted molar refractivity (Wildman–Crippen MR) is 74.6 cm³/mol. The Morgan fingerprint density at radius 2 is 1.63 bits per heavy atom. The number of carbonyl (C=O) groups is 2. The first-order valence-electron chi connectivity index (χ1n) is 6.31. The second-order valence-electron chi connectivity index (χ2n) is 4.70. The Bertz CT molecular complexity index is 568. The fourth-order valence-corrected chi connectivity index (χ4v) is 2.00. The van der Waals surface area contributed by atoms with E-state index >= 15 is 0 Å². The number of rotatable bonds is 4. The zero-order valence-electron chi connectivity index (χ0n) is 11.2. The van der Waals surface area contributed by atoms with Crippen molar-refractivity contribution in [3.63, 3.8) is 0 Å². The van der Waals surface area contributed by atoms with E-state index in [4.69, 9.17) is 0 Å². The molecule has 0 heterocycles. The largest absolute Gasteiger partial charge is 0.308 e. The summed E-state index contributed by atoms with van der Waals surface area (Å²) in [5, 5.41) is 3.19. The van der Waals surface area contributed by atoms with Gasteiger partial charge in [0.05, 0.1) is 0 Å². The molecule has 1 aromatic rings. The number of hydrogen-bond acceptors (Lipinski definition) is 3. The van der Waals surface area contributed by atoms with Gasteiger partial charge in [-0.1, -0.05) is 30.3 Å². The minimum atomic E-state index is -0.0615. The number of allylic oxidation sites excluding steroid dienone is 3. The summed E-state index contributed by atoms with van der Waals surface area (Å²) in [4.78, 5) is 23.7. The van der Waals surface area contributed by atoms with Crippen molar-refractivity contribution in [3.05, 3.63) is 58.7 Å². The van der Waals surface area contributed by atoms with Crippen molar-refractivity contribution >= 4 is 11.6 Å². The first-order chi connectivity index (χ1) is 9.09. The lowest BCUT2D eigenvalue weighted by atomic mass is 9.91. The van der Waals surface area contributed by atoms with Crippen molar-refractivity contribution in [1.29, 1.82) is 0 Å². The number of nitrogens with one attached hydrogen (secondary N) is 1. The molecule has 0 saturated carbocycles. The number of benzene rings is 1. The number of Topliss-reactive ketones (excluding diaryl/α,β-unsaturated/α-hetero) is 1. The lowest BCUT2D eigenvalue weighted by Crippen LogP contribution is -2.25. The van der Waals surface area contributed by atoms with Gasteiger partial charge >= 0.3 is 0 Å². The summed E-state index contributed by atoms with van der Waals surface area (Å²) in [7, 11) is 0. The molecule has 3 nitrogen and oxygen atoms in total. The summed E-state index contributed by atoms with van der Waals surface area (Å²) in [6.45, 7) is 4.51. The summed E-state index contributed by atoms with van der Waals surface area (Å²) >= 11 is 0. The molecule has 0 bridgehead atoms. The van der Waals surface area contributed by atoms with Crippen LogP contribution >= 0.6 is 0 Å². The second-order valence-corrected chi connectivity index (χ2v) is 4.70. The fourth-order valence-electron chi connectivity index (χ4n) is 2.00. The van der Waals surface area contributed by atoms with Crippen molar-refractivity contribution in [2.75, 3.05) is 6.54 Å². The highest BCUT2D eigenvalue weighted by Gasteiger charge is 2.22. The molecule has 0 saturated heterocycles. The van der Waals surface area contributed by atoms with E-state index in [-0.39, 0.29) is 11.6 Å². The molecular weight excluding hydrogens is 238 g/mol. The van der Waals surface area contributed by atoms with Gasteiger partial charge in [0.2, 0.25) is 0 Å². The van der Waals surface area contributed by atoms with Crippen LogP contribution in [0.15, 0.2) is 53.1 Å². The first-order valence-corrected chi connectivity index (χ1v) is 6.31. The molecule has 1 aliphatic rings. The highest BCUT2D eigenvalue weighted by atomic mass is 16.1. The van der Waals surface area contributed by atoms with E-state index in [0.717, 1.165) is 5.56 Å². The van der Waals surface area contributed by atoms with Gasteiger partial charge in [0.25, 0.3) is 0 Å². The molecule has 3 heteroatoms. The normalized spacial score (nSPS) is 15.8. The zero-order valence-corrected chi connectivity index (χ0v) is 11.2. The van der Waals surface area contributed by atoms with Crippen LogP contribution in [0.25, 0.3) is 0 Å². The molecule has 2 rings (SSSR count). The minimum absolute atomic E-state index is 0.0299. The number of hydrogen-bond donors (Lipinski definition) is 1. The van der Waals surface area contributed by atoms with Crippen molar-refractivity contribution in [1.82, 2.24) is 5.32 Å². The van der Waals surface area contributed by atoms with Gasteiger partial charge in [-0.2, -0.15) is 0 Å². The molecule has 0 spiro atoms. The molecule has 19 heavy (non-hydrogen) atoms. The fraction of sp³-hybridized carbons (Fsp3) is 0.250. The van der Waals surface area contributed by atoms with Crippen LogP contribution in [-0.2, 0) is 16.1 Å². The predicted octanol–water partition coefficient (Wildman–Crippen LogP) is 2.19. The van der Waals surface area contributed by atoms with E-state index < -0.39 is 0 Å². The van der Waals surface area contributed by atoms with Gasteiger partial charge in [0, 0.05) is 29.8 Å². The quantitative estimate of drug-likeness (QED) is 0.839. The number of ketones is 2. The van der Waals surface area contributed by atoms with E-state index in [1.807, 2.05) is 30.3 Å². The number of carbonyl (C=O) groups excluding carboxylic acids is 2. The Labute approximate surface area is 113 Å². The lowest BCUT2D eigenvalue weighted by Gasteiger charge is -2.14. The van der Waals surface area contributed by atoms with Crippen LogP contribution in [0.1, 0.15) is 19.4 Å². The molecule has 0 radical (unpaired) electrons. The maximum absolute atomic E-state index is 12.0. The summed E-state index contributed by atoms with van der Waals surface area (Å²) in [5.41, 5.74) is 2.81. The minimum Gasteiger partial charge on any atom is -0.308 e. The molecule has 98 valence electrons. The Kier molecular flexibility index (Phi) is 4.07. The van der Waals surface area contributed by atoms with Gasteiger partial charge in [-0.15, -0.1) is 0 Å². The van der Waals surface area contributed by atoms with Crippen molar-refractivity contribution in [3.8, 4) is 0 Å². The molecule has 0 aromatic heterocycles. The summed E-state index contributed by atoms with van der Waals surface area (Å²) in [5.74, 6) is -0.0914. The SMILES string of the molecule is CC1=C(C)C(=O)C(CNCc2ccccc2)=CC1=O. The zero-order chi connectivity index (χ0) is 13.8. The molecule has 0 atom stereocenters. The van der Waals surface area contributed by atoms with Gasteiger partial charge in [0.15, 0.2) is 11.6 Å². The van der Waals surface area contributed by atoms with E-state index in [1.54, 1.807) is 13.8 Å². The van der Waals surface area contributed by atoms with Gasteiger partial charge < -0.3 is 5.32 Å². The van der Waals surface area contributed by atoms with Gasteiger partial charge in [0.1, 0.15) is 0 Å². The van der Waals surface area contributed by atoms with Crippen molar-refractivity contribution in [2.45, 2.75) is 20.4 Å². The summed E-state index contributed by atoms with van der Waals surface area (Å²) < 4.78 is 0. The van der Waals surface area contributed by atoms with Crippen molar-refractivity contribution < 1.29 is 9.59 Å². The Morgan fingerprint density at radius 3 is 2.32 bits per heavy atom. The molecule has 0 fully saturated rings. The third-order valence-corrected chi connectivity index (χ3v) is 3.36.